The Hall–Kier alpha value is -2.44. The Morgan fingerprint density at radius 1 is 1.06 bits per heavy atom. The number of halogens is 2. The fraction of sp³-hybridized carbons (Fsp3) is 0.440. The molecular formula is C25H32Cl2N2O4. The number of amides is 2. The van der Waals surface area contributed by atoms with Gasteiger partial charge in [-0.25, -0.2) is 0 Å². The molecule has 0 fully saturated rings. The van der Waals surface area contributed by atoms with E-state index in [-0.39, 0.29) is 24.8 Å². The van der Waals surface area contributed by atoms with E-state index in [2.05, 4.69) is 12.2 Å². The summed E-state index contributed by atoms with van der Waals surface area (Å²) in [6.45, 7) is 4.97. The summed E-state index contributed by atoms with van der Waals surface area (Å²) in [5.74, 6) is 1.13. The second kappa shape index (κ2) is 14.0. The Balaban J connectivity index is 2.00. The highest BCUT2D eigenvalue weighted by Gasteiger charge is 2.26. The van der Waals surface area contributed by atoms with E-state index in [4.69, 9.17) is 32.7 Å². The molecule has 0 radical (unpaired) electrons. The standard InChI is InChI=1S/C25H32Cl2N2O4/c1-4-5-14-28-25(31)18(2)29(17-19-8-9-20(26)16-23(19)27)24(30)7-6-15-33-22-12-10-21(32-3)11-13-22/h8-13,16,18H,4-7,14-15,17H2,1-3H3,(H,28,31)/t18-/m0/s1. The Labute approximate surface area is 206 Å². The zero-order valence-electron chi connectivity index (χ0n) is 19.4. The van der Waals surface area contributed by atoms with Crippen LogP contribution in [0.2, 0.25) is 10.0 Å². The quantitative estimate of drug-likeness (QED) is 0.373. The van der Waals surface area contributed by atoms with Crippen LogP contribution in [0.1, 0.15) is 45.1 Å². The number of carbonyl (C=O) groups is 2. The third-order valence-electron chi connectivity index (χ3n) is 5.22. The highest BCUT2D eigenvalue weighted by molar-refractivity contribution is 6.35. The van der Waals surface area contributed by atoms with Crippen LogP contribution >= 0.6 is 23.2 Å². The first-order chi connectivity index (χ1) is 15.8. The molecule has 8 heteroatoms. The van der Waals surface area contributed by atoms with Gasteiger partial charge in [-0.3, -0.25) is 9.59 Å². The van der Waals surface area contributed by atoms with Gasteiger partial charge >= 0.3 is 0 Å². The van der Waals surface area contributed by atoms with Crippen LogP contribution in [0.4, 0.5) is 0 Å². The average Bonchev–Trinajstić information content (AvgIpc) is 2.81. The molecule has 0 aliphatic carbocycles. The number of methoxy groups -OCH3 is 1. The Bertz CT molecular complexity index is 906. The van der Waals surface area contributed by atoms with Gasteiger partial charge in [0.1, 0.15) is 17.5 Å². The number of ether oxygens (including phenoxy) is 2. The van der Waals surface area contributed by atoms with Gasteiger partial charge < -0.3 is 19.7 Å². The molecule has 0 heterocycles. The molecule has 0 aromatic heterocycles. The lowest BCUT2D eigenvalue weighted by atomic mass is 10.1. The van der Waals surface area contributed by atoms with Crippen molar-refractivity contribution in [1.29, 1.82) is 0 Å². The fourth-order valence-corrected chi connectivity index (χ4v) is 3.65. The number of rotatable bonds is 13. The predicted octanol–water partition coefficient (Wildman–Crippen LogP) is 5.49. The molecule has 0 spiro atoms. The van der Waals surface area contributed by atoms with Crippen LogP contribution in [0.15, 0.2) is 42.5 Å². The first-order valence-corrected chi connectivity index (χ1v) is 11.9. The molecule has 6 nitrogen and oxygen atoms in total. The number of benzene rings is 2. The van der Waals surface area contributed by atoms with Gasteiger partial charge in [-0.05, 0) is 61.7 Å². The number of hydrogen-bond donors (Lipinski definition) is 1. The summed E-state index contributed by atoms with van der Waals surface area (Å²) in [7, 11) is 1.61. The third kappa shape index (κ3) is 8.78. The molecule has 2 amide bonds. The van der Waals surface area contributed by atoms with E-state index in [0.29, 0.717) is 35.4 Å². The molecule has 2 aromatic carbocycles. The maximum absolute atomic E-state index is 13.1. The average molecular weight is 495 g/mol. The van der Waals surface area contributed by atoms with Crippen molar-refractivity contribution >= 4 is 35.0 Å². The van der Waals surface area contributed by atoms with E-state index >= 15 is 0 Å². The number of unbranched alkanes of at least 4 members (excludes halogenated alkanes) is 1. The van der Waals surface area contributed by atoms with Crippen LogP contribution in [0.5, 0.6) is 11.5 Å². The predicted molar refractivity (Wildman–Crippen MR) is 132 cm³/mol. The zero-order valence-corrected chi connectivity index (χ0v) is 20.9. The van der Waals surface area contributed by atoms with Crippen LogP contribution < -0.4 is 14.8 Å². The molecule has 0 aliphatic rings. The second-order valence-corrected chi connectivity index (χ2v) is 8.55. The van der Waals surface area contributed by atoms with Crippen LogP contribution in [-0.4, -0.2) is 43.0 Å². The number of carbonyl (C=O) groups excluding carboxylic acids is 2. The van der Waals surface area contributed by atoms with Gasteiger partial charge in [-0.2, -0.15) is 0 Å². The van der Waals surface area contributed by atoms with Crippen molar-refractivity contribution in [2.45, 2.75) is 52.1 Å². The minimum absolute atomic E-state index is 0.141. The van der Waals surface area contributed by atoms with E-state index in [1.54, 1.807) is 37.1 Å². The molecule has 0 saturated heterocycles. The van der Waals surface area contributed by atoms with Gasteiger partial charge in [0.15, 0.2) is 0 Å². The van der Waals surface area contributed by atoms with Crippen LogP contribution in [0.3, 0.4) is 0 Å². The Morgan fingerprint density at radius 3 is 2.39 bits per heavy atom. The summed E-state index contributed by atoms with van der Waals surface area (Å²) in [5, 5.41) is 3.88. The SMILES string of the molecule is CCCCNC(=O)[C@H](C)N(Cc1ccc(Cl)cc1Cl)C(=O)CCCOc1ccc(OC)cc1. The van der Waals surface area contributed by atoms with Crippen LogP contribution in [0, 0.1) is 0 Å². The van der Waals surface area contributed by atoms with Crippen LogP contribution in [-0.2, 0) is 16.1 Å². The number of nitrogens with zero attached hydrogens (tertiary/aromatic N) is 1. The normalized spacial score (nSPS) is 11.5. The molecule has 1 N–H and O–H groups in total. The summed E-state index contributed by atoms with van der Waals surface area (Å²) in [6.07, 6.45) is 2.62. The van der Waals surface area contributed by atoms with Crippen molar-refractivity contribution in [2.75, 3.05) is 20.3 Å². The molecule has 180 valence electrons. The van der Waals surface area contributed by atoms with Crippen molar-refractivity contribution < 1.29 is 19.1 Å². The molecule has 1 atom stereocenters. The lowest BCUT2D eigenvalue weighted by Crippen LogP contribution is -2.47. The summed E-state index contributed by atoms with van der Waals surface area (Å²) < 4.78 is 10.9. The van der Waals surface area contributed by atoms with Crippen molar-refractivity contribution in [1.82, 2.24) is 10.2 Å². The van der Waals surface area contributed by atoms with E-state index in [1.165, 1.54) is 0 Å². The zero-order chi connectivity index (χ0) is 24.2. The second-order valence-electron chi connectivity index (χ2n) is 7.71. The smallest absolute Gasteiger partial charge is 0.242 e. The van der Waals surface area contributed by atoms with Gasteiger partial charge in [0.05, 0.1) is 13.7 Å². The third-order valence-corrected chi connectivity index (χ3v) is 5.80. The molecule has 0 aliphatic heterocycles. The van der Waals surface area contributed by atoms with Gasteiger partial charge in [0, 0.05) is 29.6 Å². The van der Waals surface area contributed by atoms with E-state index in [0.717, 1.165) is 24.2 Å². The Morgan fingerprint density at radius 2 is 1.76 bits per heavy atom. The van der Waals surface area contributed by atoms with E-state index in [9.17, 15) is 9.59 Å². The maximum atomic E-state index is 13.1. The lowest BCUT2D eigenvalue weighted by Gasteiger charge is -2.29. The summed E-state index contributed by atoms with van der Waals surface area (Å²) in [4.78, 5) is 27.3. The monoisotopic (exact) mass is 494 g/mol. The van der Waals surface area contributed by atoms with E-state index in [1.807, 2.05) is 24.3 Å². The maximum Gasteiger partial charge on any atom is 0.242 e. The van der Waals surface area contributed by atoms with Crippen molar-refractivity contribution in [3.8, 4) is 11.5 Å². The highest BCUT2D eigenvalue weighted by atomic mass is 35.5. The molecular weight excluding hydrogens is 463 g/mol. The van der Waals surface area contributed by atoms with Gasteiger partial charge in [-0.1, -0.05) is 42.6 Å². The highest BCUT2D eigenvalue weighted by Crippen LogP contribution is 2.24. The van der Waals surface area contributed by atoms with Crippen molar-refractivity contribution in [2.24, 2.45) is 0 Å². The first-order valence-electron chi connectivity index (χ1n) is 11.1. The molecule has 2 aromatic rings. The largest absolute Gasteiger partial charge is 0.497 e. The van der Waals surface area contributed by atoms with Gasteiger partial charge in [0.25, 0.3) is 0 Å². The topological polar surface area (TPSA) is 67.9 Å². The first kappa shape index (κ1) is 26.8. The van der Waals surface area contributed by atoms with Crippen molar-refractivity contribution in [3.05, 3.63) is 58.1 Å². The minimum atomic E-state index is -0.636. The summed E-state index contributed by atoms with van der Waals surface area (Å²) in [6, 6.07) is 11.8. The van der Waals surface area contributed by atoms with Crippen molar-refractivity contribution in [3.63, 3.8) is 0 Å². The van der Waals surface area contributed by atoms with Gasteiger partial charge in [0.2, 0.25) is 11.8 Å². The summed E-state index contributed by atoms with van der Waals surface area (Å²) in [5.41, 5.74) is 0.733. The van der Waals surface area contributed by atoms with Crippen LogP contribution in [0.25, 0.3) is 0 Å². The fourth-order valence-electron chi connectivity index (χ4n) is 3.18. The molecule has 0 saturated carbocycles. The number of hydrogen-bond acceptors (Lipinski definition) is 4. The lowest BCUT2D eigenvalue weighted by molar-refractivity contribution is -0.140. The minimum Gasteiger partial charge on any atom is -0.497 e. The molecule has 0 unspecified atom stereocenters. The number of nitrogens with one attached hydrogen (secondary N) is 1. The van der Waals surface area contributed by atoms with E-state index < -0.39 is 6.04 Å². The molecule has 2 rings (SSSR count). The summed E-state index contributed by atoms with van der Waals surface area (Å²) >= 11 is 12.3. The Kier molecular flexibility index (Phi) is 11.3. The molecule has 0 bridgehead atoms. The van der Waals surface area contributed by atoms with Gasteiger partial charge in [-0.15, -0.1) is 0 Å². The molecule has 33 heavy (non-hydrogen) atoms.